The molecule has 0 aliphatic heterocycles. The minimum Gasteiger partial charge on any atom is -0.481 e. The fourth-order valence-electron chi connectivity index (χ4n) is 2.59. The molecule has 0 saturated heterocycles. The van der Waals surface area contributed by atoms with Gasteiger partial charge < -0.3 is 10.2 Å². The molecule has 3 atom stereocenters. The smallest absolute Gasteiger partial charge is 0.304 e. The molecule has 0 aromatic heterocycles. The van der Waals surface area contributed by atoms with Crippen LogP contribution in [0.15, 0.2) is 12.2 Å². The normalized spacial score (nSPS) is 25.1. The Hall–Kier alpha value is -1.16. The molecule has 0 aromatic rings. The number of hydrogen-bond acceptors (Lipinski definition) is 3. The molecule has 2 N–H and O–H groups in total. The summed E-state index contributed by atoms with van der Waals surface area (Å²) < 4.78 is 0. The Kier molecular flexibility index (Phi) is 6.78. The van der Waals surface area contributed by atoms with Crippen molar-refractivity contribution in [3.63, 3.8) is 0 Å². The van der Waals surface area contributed by atoms with Gasteiger partial charge in [-0.05, 0) is 18.8 Å². The van der Waals surface area contributed by atoms with Crippen LogP contribution in [0.1, 0.15) is 51.9 Å². The second-order valence-corrected chi connectivity index (χ2v) is 5.32. The van der Waals surface area contributed by atoms with Gasteiger partial charge in [-0.15, -0.1) is 0 Å². The lowest BCUT2D eigenvalue weighted by molar-refractivity contribution is -0.140. The van der Waals surface area contributed by atoms with Gasteiger partial charge in [-0.25, -0.2) is 0 Å². The molecule has 4 nitrogen and oxygen atoms in total. The number of hydrogen-bond donors (Lipinski definition) is 2. The summed E-state index contributed by atoms with van der Waals surface area (Å²) in [5.74, 6) is -1.32. The third-order valence-corrected chi connectivity index (χ3v) is 3.73. The Morgan fingerprint density at radius 1 is 1.47 bits per heavy atom. The number of carbonyl (C=O) groups is 2. The third kappa shape index (κ3) is 5.55. The minimum atomic E-state index is -0.929. The summed E-state index contributed by atoms with van der Waals surface area (Å²) in [7, 11) is 0. The number of allylic oxidation sites excluding steroid dienone is 1. The van der Waals surface area contributed by atoms with Crippen molar-refractivity contribution in [3.8, 4) is 0 Å². The highest BCUT2D eigenvalue weighted by Gasteiger charge is 2.34. The van der Waals surface area contributed by atoms with Crippen LogP contribution in [0.25, 0.3) is 0 Å². The van der Waals surface area contributed by atoms with E-state index in [0.29, 0.717) is 12.8 Å². The van der Waals surface area contributed by atoms with Crippen LogP contribution in [0.5, 0.6) is 0 Å². The van der Waals surface area contributed by atoms with E-state index in [1.165, 1.54) is 0 Å². The predicted octanol–water partition coefficient (Wildman–Crippen LogP) is 2.55. The van der Waals surface area contributed by atoms with Crippen LogP contribution in [0.2, 0.25) is 0 Å². The second-order valence-electron chi connectivity index (χ2n) is 5.32. The Morgan fingerprint density at radius 3 is 2.84 bits per heavy atom. The first-order valence-corrected chi connectivity index (χ1v) is 7.15. The summed E-state index contributed by atoms with van der Waals surface area (Å²) >= 11 is 0. The van der Waals surface area contributed by atoms with Gasteiger partial charge in [0.1, 0.15) is 5.78 Å². The zero-order chi connectivity index (χ0) is 14.3. The molecule has 0 spiro atoms. The Balaban J connectivity index is 2.45. The molecule has 1 fully saturated rings. The summed E-state index contributed by atoms with van der Waals surface area (Å²) in [6.07, 6.45) is 8.10. The molecular weight excluding hydrogens is 244 g/mol. The lowest BCUT2D eigenvalue weighted by atomic mass is 9.91. The number of carboxylic acid groups (broad SMARTS) is 1. The van der Waals surface area contributed by atoms with Gasteiger partial charge in [-0.1, -0.05) is 38.3 Å². The number of rotatable bonds is 8. The number of aliphatic carboxylic acids is 1. The summed E-state index contributed by atoms with van der Waals surface area (Å²) in [4.78, 5) is 22.3. The monoisotopic (exact) mass is 268 g/mol. The lowest BCUT2D eigenvalue weighted by Gasteiger charge is -2.13. The van der Waals surface area contributed by atoms with Crippen LogP contribution in [0.3, 0.4) is 0 Å². The Bertz CT molecular complexity index is 335. The van der Waals surface area contributed by atoms with Crippen molar-refractivity contribution in [3.05, 3.63) is 12.2 Å². The van der Waals surface area contributed by atoms with Crippen LogP contribution < -0.4 is 0 Å². The SMILES string of the molecule is CCCCCC(O)C=C[C@@H]1CCC(=O)[C@H]1CC(=O)O. The van der Waals surface area contributed by atoms with Crippen molar-refractivity contribution in [1.29, 1.82) is 0 Å². The van der Waals surface area contributed by atoms with Gasteiger partial charge >= 0.3 is 5.97 Å². The average Bonchev–Trinajstić information content (AvgIpc) is 2.68. The summed E-state index contributed by atoms with van der Waals surface area (Å²) in [6, 6.07) is 0. The zero-order valence-corrected chi connectivity index (χ0v) is 11.5. The van der Waals surface area contributed by atoms with Crippen molar-refractivity contribution in [2.75, 3.05) is 0 Å². The zero-order valence-electron chi connectivity index (χ0n) is 11.5. The summed E-state index contributed by atoms with van der Waals surface area (Å²) in [5, 5.41) is 18.6. The number of aliphatic hydroxyl groups excluding tert-OH is 1. The van der Waals surface area contributed by atoms with E-state index in [1.54, 1.807) is 6.08 Å². The summed E-state index contributed by atoms with van der Waals surface area (Å²) in [5.41, 5.74) is 0. The van der Waals surface area contributed by atoms with Gasteiger partial charge in [0, 0.05) is 12.3 Å². The van der Waals surface area contributed by atoms with E-state index in [4.69, 9.17) is 5.11 Å². The van der Waals surface area contributed by atoms with E-state index in [0.717, 1.165) is 25.7 Å². The molecule has 4 heteroatoms. The standard InChI is InChI=1S/C15H24O4/c1-2-3-4-5-12(16)8-6-11-7-9-14(17)13(11)10-15(18)19/h6,8,11-13,16H,2-5,7,9-10H2,1H3,(H,18,19)/t11-,12?,13+/m1/s1. The van der Waals surface area contributed by atoms with Gasteiger partial charge in [0.2, 0.25) is 0 Å². The highest BCUT2D eigenvalue weighted by molar-refractivity contribution is 5.87. The molecule has 0 bridgehead atoms. The van der Waals surface area contributed by atoms with Crippen molar-refractivity contribution in [2.45, 2.75) is 58.0 Å². The third-order valence-electron chi connectivity index (χ3n) is 3.73. The highest BCUT2D eigenvalue weighted by Crippen LogP contribution is 2.32. The molecule has 0 heterocycles. The van der Waals surface area contributed by atoms with E-state index in [-0.39, 0.29) is 18.1 Å². The molecule has 1 saturated carbocycles. The highest BCUT2D eigenvalue weighted by atomic mass is 16.4. The van der Waals surface area contributed by atoms with E-state index < -0.39 is 18.0 Å². The maximum absolute atomic E-state index is 11.6. The molecule has 1 rings (SSSR count). The van der Waals surface area contributed by atoms with Gasteiger partial charge in [0.05, 0.1) is 12.5 Å². The first-order valence-electron chi connectivity index (χ1n) is 7.15. The molecular formula is C15H24O4. The number of carboxylic acids is 1. The largest absolute Gasteiger partial charge is 0.481 e. The molecule has 108 valence electrons. The van der Waals surface area contributed by atoms with Crippen LogP contribution in [0.4, 0.5) is 0 Å². The first-order chi connectivity index (χ1) is 9.04. The van der Waals surface area contributed by atoms with E-state index in [9.17, 15) is 14.7 Å². The molecule has 1 aliphatic rings. The van der Waals surface area contributed by atoms with Crippen LogP contribution >= 0.6 is 0 Å². The summed E-state index contributed by atoms with van der Waals surface area (Å²) in [6.45, 7) is 2.11. The molecule has 1 aliphatic carbocycles. The topological polar surface area (TPSA) is 74.6 Å². The van der Waals surface area contributed by atoms with Crippen molar-refractivity contribution >= 4 is 11.8 Å². The van der Waals surface area contributed by atoms with Gasteiger partial charge in [0.15, 0.2) is 0 Å². The minimum absolute atomic E-state index is 0.0237. The molecule has 19 heavy (non-hydrogen) atoms. The predicted molar refractivity (Wildman–Crippen MR) is 72.8 cm³/mol. The fraction of sp³-hybridized carbons (Fsp3) is 0.733. The lowest BCUT2D eigenvalue weighted by Crippen LogP contribution is -2.18. The van der Waals surface area contributed by atoms with Crippen molar-refractivity contribution in [2.24, 2.45) is 11.8 Å². The van der Waals surface area contributed by atoms with Gasteiger partial charge in [0.25, 0.3) is 0 Å². The molecule has 0 radical (unpaired) electrons. The average molecular weight is 268 g/mol. The van der Waals surface area contributed by atoms with Crippen LogP contribution in [-0.4, -0.2) is 28.1 Å². The molecule has 0 amide bonds. The van der Waals surface area contributed by atoms with Crippen LogP contribution in [-0.2, 0) is 9.59 Å². The van der Waals surface area contributed by atoms with Crippen molar-refractivity contribution in [1.82, 2.24) is 0 Å². The molecule has 1 unspecified atom stereocenters. The molecule has 0 aromatic carbocycles. The van der Waals surface area contributed by atoms with E-state index in [2.05, 4.69) is 6.92 Å². The van der Waals surface area contributed by atoms with E-state index in [1.807, 2.05) is 6.08 Å². The van der Waals surface area contributed by atoms with Crippen LogP contribution in [0, 0.1) is 11.8 Å². The maximum atomic E-state index is 11.6. The first kappa shape index (κ1) is 15.9. The van der Waals surface area contributed by atoms with E-state index >= 15 is 0 Å². The van der Waals surface area contributed by atoms with Crippen molar-refractivity contribution < 1.29 is 19.8 Å². The number of carbonyl (C=O) groups excluding carboxylic acids is 1. The number of aliphatic hydroxyl groups is 1. The number of Topliss-reactive ketones (excluding diaryl/α,β-unsaturated/α-hetero) is 1. The van der Waals surface area contributed by atoms with Gasteiger partial charge in [-0.2, -0.15) is 0 Å². The second kappa shape index (κ2) is 8.10. The fourth-order valence-corrected chi connectivity index (χ4v) is 2.59. The quantitative estimate of drug-likeness (QED) is 0.524. The van der Waals surface area contributed by atoms with Gasteiger partial charge in [-0.3, -0.25) is 9.59 Å². The number of unbranched alkanes of at least 4 members (excludes halogenated alkanes) is 2. The Morgan fingerprint density at radius 2 is 2.21 bits per heavy atom. The maximum Gasteiger partial charge on any atom is 0.304 e. The number of ketones is 1. The Labute approximate surface area is 114 Å².